The van der Waals surface area contributed by atoms with Gasteiger partial charge in [0.1, 0.15) is 7.11 Å². The van der Waals surface area contributed by atoms with Crippen molar-refractivity contribution in [1.29, 1.82) is 0 Å². The summed E-state index contributed by atoms with van der Waals surface area (Å²) in [5, 5.41) is 8.67. The molecule has 0 amide bonds. The van der Waals surface area contributed by atoms with Crippen LogP contribution >= 0.6 is 15.9 Å². The van der Waals surface area contributed by atoms with Crippen LogP contribution in [0.15, 0.2) is 22.8 Å². The number of pyridine rings is 1. The molecular weight excluding hydrogens is 226 g/mol. The minimum atomic E-state index is -1.02. The normalized spacial score (nSPS) is 9.50. The predicted octanol–water partition coefficient (Wildman–Crippen LogP) is 0.493. The van der Waals surface area contributed by atoms with E-state index in [1.165, 1.54) is 24.1 Å². The zero-order chi connectivity index (χ0) is 9.14. The van der Waals surface area contributed by atoms with Gasteiger partial charge in [0.05, 0.1) is 4.47 Å². The van der Waals surface area contributed by atoms with Gasteiger partial charge in [-0.05, 0) is 22.0 Å². The van der Waals surface area contributed by atoms with Gasteiger partial charge < -0.3 is 5.11 Å². The molecule has 0 unspecified atom stereocenters. The van der Waals surface area contributed by atoms with E-state index in [2.05, 4.69) is 15.9 Å². The van der Waals surface area contributed by atoms with Gasteiger partial charge in [-0.25, -0.2) is 4.79 Å². The van der Waals surface area contributed by atoms with Crippen LogP contribution in [-0.2, 0) is 0 Å². The number of carboxylic acids is 1. The number of aromatic nitrogens is 1. The van der Waals surface area contributed by atoms with E-state index in [1.807, 2.05) is 0 Å². The van der Waals surface area contributed by atoms with Gasteiger partial charge >= 0.3 is 11.7 Å². The van der Waals surface area contributed by atoms with Gasteiger partial charge in [-0.1, -0.05) is 0 Å². The van der Waals surface area contributed by atoms with Gasteiger partial charge in [-0.3, -0.25) is 4.84 Å². The zero-order valence-corrected chi connectivity index (χ0v) is 7.91. The molecule has 12 heavy (non-hydrogen) atoms. The Morgan fingerprint density at radius 2 is 2.33 bits per heavy atom. The Hall–Kier alpha value is -1.10. The average Bonchev–Trinajstić information content (AvgIpc) is 2.03. The summed E-state index contributed by atoms with van der Waals surface area (Å²) in [5.41, 5.74) is 0.0840. The number of rotatable bonds is 2. The van der Waals surface area contributed by atoms with Crippen molar-refractivity contribution >= 4 is 21.9 Å². The molecule has 0 atom stereocenters. The highest BCUT2D eigenvalue weighted by Crippen LogP contribution is 2.05. The molecule has 0 saturated carbocycles. The van der Waals surface area contributed by atoms with Gasteiger partial charge in [0.25, 0.3) is 0 Å². The van der Waals surface area contributed by atoms with Gasteiger partial charge in [0.15, 0.2) is 0 Å². The van der Waals surface area contributed by atoms with Crippen molar-refractivity contribution in [2.75, 3.05) is 7.11 Å². The fourth-order valence-corrected chi connectivity index (χ4v) is 1.09. The highest BCUT2D eigenvalue weighted by atomic mass is 79.9. The first-order valence-corrected chi connectivity index (χ1v) is 3.93. The van der Waals surface area contributed by atoms with Crippen LogP contribution in [0.25, 0.3) is 0 Å². The van der Waals surface area contributed by atoms with Gasteiger partial charge in [0.2, 0.25) is 6.20 Å². The highest BCUT2D eigenvalue weighted by Gasteiger charge is 2.19. The molecular formula is C7H7BrNO3+. The lowest BCUT2D eigenvalue weighted by molar-refractivity contribution is -0.887. The molecule has 0 fully saturated rings. The summed E-state index contributed by atoms with van der Waals surface area (Å²) >= 11 is 3.19. The van der Waals surface area contributed by atoms with Crippen molar-refractivity contribution in [3.05, 3.63) is 28.5 Å². The number of hydrogen-bond donors (Lipinski definition) is 1. The molecule has 0 bridgehead atoms. The number of carbonyl (C=O) groups is 1. The Labute approximate surface area is 77.5 Å². The summed E-state index contributed by atoms with van der Waals surface area (Å²) < 4.78 is 1.93. The van der Waals surface area contributed by atoms with Crippen LogP contribution < -0.4 is 9.57 Å². The van der Waals surface area contributed by atoms with Crippen LogP contribution in [0.4, 0.5) is 0 Å². The summed E-state index contributed by atoms with van der Waals surface area (Å²) in [5.74, 6) is -1.02. The van der Waals surface area contributed by atoms with Crippen molar-refractivity contribution in [2.24, 2.45) is 0 Å². The Kier molecular flexibility index (Phi) is 2.65. The second kappa shape index (κ2) is 3.53. The van der Waals surface area contributed by atoms with Crippen molar-refractivity contribution in [2.45, 2.75) is 0 Å². The second-order valence-corrected chi connectivity index (χ2v) is 2.96. The van der Waals surface area contributed by atoms with Crippen molar-refractivity contribution < 1.29 is 19.5 Å². The van der Waals surface area contributed by atoms with Crippen LogP contribution in [-0.4, -0.2) is 18.2 Å². The summed E-state index contributed by atoms with van der Waals surface area (Å²) in [6.45, 7) is 0. The topological polar surface area (TPSA) is 50.4 Å². The van der Waals surface area contributed by atoms with E-state index >= 15 is 0 Å². The first kappa shape index (κ1) is 8.99. The van der Waals surface area contributed by atoms with E-state index in [0.717, 1.165) is 4.47 Å². The maximum absolute atomic E-state index is 10.6. The molecule has 0 radical (unpaired) electrons. The summed E-state index contributed by atoms with van der Waals surface area (Å²) in [4.78, 5) is 15.4. The smallest absolute Gasteiger partial charge is 0.406 e. The van der Waals surface area contributed by atoms with E-state index in [-0.39, 0.29) is 5.69 Å². The van der Waals surface area contributed by atoms with Gasteiger partial charge in [0, 0.05) is 10.8 Å². The Morgan fingerprint density at radius 3 is 2.83 bits per heavy atom. The molecule has 64 valence electrons. The molecule has 0 aliphatic heterocycles. The van der Waals surface area contributed by atoms with Crippen LogP contribution in [0, 0.1) is 0 Å². The van der Waals surface area contributed by atoms with E-state index in [1.54, 1.807) is 6.07 Å². The Balaban J connectivity index is 3.20. The first-order valence-electron chi connectivity index (χ1n) is 3.14. The monoisotopic (exact) mass is 232 g/mol. The third-order valence-electron chi connectivity index (χ3n) is 1.29. The lowest BCUT2D eigenvalue weighted by atomic mass is 10.3. The molecule has 1 aromatic rings. The third-order valence-corrected chi connectivity index (χ3v) is 1.76. The van der Waals surface area contributed by atoms with Crippen molar-refractivity contribution in [3.63, 3.8) is 0 Å². The quantitative estimate of drug-likeness (QED) is 0.756. The number of carboxylic acid groups (broad SMARTS) is 1. The van der Waals surface area contributed by atoms with Crippen molar-refractivity contribution in [1.82, 2.24) is 0 Å². The SMILES string of the molecule is CO[n+]1cc(Br)ccc1C(=O)O. The lowest BCUT2D eigenvalue weighted by Gasteiger charge is -1.94. The molecule has 0 aliphatic carbocycles. The lowest BCUT2D eigenvalue weighted by Crippen LogP contribution is -2.45. The minimum Gasteiger partial charge on any atom is -0.473 e. The van der Waals surface area contributed by atoms with E-state index in [4.69, 9.17) is 9.94 Å². The maximum atomic E-state index is 10.6. The van der Waals surface area contributed by atoms with Crippen LogP contribution in [0.1, 0.15) is 10.5 Å². The van der Waals surface area contributed by atoms with Crippen LogP contribution in [0.2, 0.25) is 0 Å². The molecule has 0 spiro atoms. The van der Waals surface area contributed by atoms with Crippen LogP contribution in [0.3, 0.4) is 0 Å². The number of nitrogens with zero attached hydrogens (tertiary/aromatic N) is 1. The number of hydrogen-bond acceptors (Lipinski definition) is 2. The molecule has 1 rings (SSSR count). The molecule has 0 saturated heterocycles. The molecule has 1 N–H and O–H groups in total. The minimum absolute atomic E-state index is 0.0840. The Morgan fingerprint density at radius 1 is 1.67 bits per heavy atom. The Bertz CT molecular complexity index is 314. The summed E-state index contributed by atoms with van der Waals surface area (Å²) in [7, 11) is 1.40. The summed E-state index contributed by atoms with van der Waals surface area (Å²) in [6, 6.07) is 3.09. The molecule has 0 aromatic carbocycles. The second-order valence-electron chi connectivity index (χ2n) is 2.05. The van der Waals surface area contributed by atoms with E-state index < -0.39 is 5.97 Å². The molecule has 1 aromatic heterocycles. The average molecular weight is 233 g/mol. The molecule has 0 aliphatic rings. The molecule has 1 heterocycles. The van der Waals surface area contributed by atoms with E-state index in [9.17, 15) is 4.79 Å². The van der Waals surface area contributed by atoms with Crippen LogP contribution in [0.5, 0.6) is 0 Å². The number of aromatic carboxylic acids is 1. The fraction of sp³-hybridized carbons (Fsp3) is 0.143. The van der Waals surface area contributed by atoms with Gasteiger partial charge in [-0.15, -0.1) is 0 Å². The largest absolute Gasteiger partial charge is 0.473 e. The van der Waals surface area contributed by atoms with Gasteiger partial charge in [-0.2, -0.15) is 0 Å². The summed E-state index contributed by atoms with van der Waals surface area (Å²) in [6.07, 6.45) is 1.53. The molecule has 5 heteroatoms. The molecule has 4 nitrogen and oxygen atoms in total. The highest BCUT2D eigenvalue weighted by molar-refractivity contribution is 9.10. The van der Waals surface area contributed by atoms with E-state index in [0.29, 0.717) is 0 Å². The predicted molar refractivity (Wildman–Crippen MR) is 43.8 cm³/mol. The van der Waals surface area contributed by atoms with Crippen molar-refractivity contribution in [3.8, 4) is 0 Å². The maximum Gasteiger partial charge on any atom is 0.406 e. The zero-order valence-electron chi connectivity index (χ0n) is 6.32. The number of halogens is 1. The first-order chi connectivity index (χ1) is 5.65. The fourth-order valence-electron chi connectivity index (χ4n) is 0.773. The standard InChI is InChI=1S/C7H6BrNO3/c1-12-9-4-5(8)2-3-6(9)7(10)11/h2-4H,1H3/p+1. The third kappa shape index (κ3) is 1.73.